The van der Waals surface area contributed by atoms with Crippen molar-refractivity contribution in [2.24, 2.45) is 11.8 Å². The number of hydrogen-bond donors (Lipinski definition) is 1. The van der Waals surface area contributed by atoms with Gasteiger partial charge in [0, 0.05) is 54.3 Å². The number of carbonyl (C=O) groups excluding carboxylic acids is 2. The Kier molecular flexibility index (Phi) is 4.24. The number of rotatable bonds is 4. The molecule has 1 saturated carbocycles. The second-order valence-electron chi connectivity index (χ2n) is 7.24. The number of nitrogens with zero attached hydrogens (tertiary/aromatic N) is 2. The average molecular weight is 339 g/mol. The SMILES string of the molecule is CCn1ccc2cc(NC(=O)C3CCN(C(=O)C4CC4)CC3)ccc21. The predicted molar refractivity (Wildman–Crippen MR) is 98.3 cm³/mol. The monoisotopic (exact) mass is 339 g/mol. The second-order valence-corrected chi connectivity index (χ2v) is 7.24. The number of aromatic nitrogens is 1. The van der Waals surface area contributed by atoms with Gasteiger partial charge in [-0.2, -0.15) is 0 Å². The van der Waals surface area contributed by atoms with Crippen LogP contribution in [0.1, 0.15) is 32.6 Å². The lowest BCUT2D eigenvalue weighted by Crippen LogP contribution is -2.42. The van der Waals surface area contributed by atoms with Crippen LogP contribution >= 0.6 is 0 Å². The highest BCUT2D eigenvalue weighted by molar-refractivity contribution is 5.95. The van der Waals surface area contributed by atoms with E-state index in [0.717, 1.165) is 43.3 Å². The standard InChI is InChI=1S/C20H25N3O2/c1-2-22-10-9-16-13-17(5-6-18(16)22)21-19(24)14-7-11-23(12-8-14)20(25)15-3-4-15/h5-6,9-10,13-15H,2-4,7-8,11-12H2,1H3,(H,21,24). The van der Waals surface area contributed by atoms with Crippen molar-refractivity contribution in [3.05, 3.63) is 30.5 Å². The van der Waals surface area contributed by atoms with E-state index >= 15 is 0 Å². The smallest absolute Gasteiger partial charge is 0.227 e. The number of likely N-dealkylation sites (tertiary alicyclic amines) is 1. The molecule has 2 amide bonds. The van der Waals surface area contributed by atoms with Crippen molar-refractivity contribution >= 4 is 28.4 Å². The van der Waals surface area contributed by atoms with Crippen LogP contribution in [0.15, 0.2) is 30.5 Å². The molecule has 4 rings (SSSR count). The number of amides is 2. The molecule has 0 unspecified atom stereocenters. The number of nitrogens with one attached hydrogen (secondary N) is 1. The first kappa shape index (κ1) is 16.2. The normalized spacial score (nSPS) is 18.5. The summed E-state index contributed by atoms with van der Waals surface area (Å²) < 4.78 is 2.19. The zero-order valence-electron chi connectivity index (χ0n) is 14.7. The predicted octanol–water partition coefficient (Wildman–Crippen LogP) is 3.25. The van der Waals surface area contributed by atoms with Gasteiger partial charge < -0.3 is 14.8 Å². The topological polar surface area (TPSA) is 54.3 Å². The largest absolute Gasteiger partial charge is 0.348 e. The molecule has 1 N–H and O–H groups in total. The van der Waals surface area contributed by atoms with E-state index in [1.54, 1.807) is 0 Å². The molecule has 1 aliphatic carbocycles. The van der Waals surface area contributed by atoms with Crippen LogP contribution in [0.3, 0.4) is 0 Å². The summed E-state index contributed by atoms with van der Waals surface area (Å²) in [4.78, 5) is 26.6. The van der Waals surface area contributed by atoms with Gasteiger partial charge in [-0.1, -0.05) is 0 Å². The molecule has 5 nitrogen and oxygen atoms in total. The lowest BCUT2D eigenvalue weighted by Gasteiger charge is -2.31. The summed E-state index contributed by atoms with van der Waals surface area (Å²) in [5, 5.41) is 4.20. The third-order valence-corrected chi connectivity index (χ3v) is 5.48. The molecule has 1 aliphatic heterocycles. The first-order chi connectivity index (χ1) is 12.2. The van der Waals surface area contributed by atoms with Crippen molar-refractivity contribution in [1.82, 2.24) is 9.47 Å². The van der Waals surface area contributed by atoms with E-state index in [1.807, 2.05) is 17.0 Å². The quantitative estimate of drug-likeness (QED) is 0.930. The molecule has 1 aromatic heterocycles. The molecule has 25 heavy (non-hydrogen) atoms. The first-order valence-electron chi connectivity index (χ1n) is 9.34. The molecule has 0 radical (unpaired) electrons. The summed E-state index contributed by atoms with van der Waals surface area (Å²) >= 11 is 0. The van der Waals surface area contributed by atoms with Gasteiger partial charge in [0.2, 0.25) is 11.8 Å². The summed E-state index contributed by atoms with van der Waals surface area (Å²) in [6.45, 7) is 4.49. The maximum Gasteiger partial charge on any atom is 0.227 e. The number of benzene rings is 1. The fourth-order valence-electron chi connectivity index (χ4n) is 3.75. The Bertz CT molecular complexity index is 798. The Balaban J connectivity index is 1.36. The molecule has 0 atom stereocenters. The third-order valence-electron chi connectivity index (χ3n) is 5.48. The highest BCUT2D eigenvalue weighted by Gasteiger charge is 2.35. The molecule has 5 heteroatoms. The summed E-state index contributed by atoms with van der Waals surface area (Å²) in [6.07, 6.45) is 5.68. The van der Waals surface area contributed by atoms with Crippen molar-refractivity contribution in [3.8, 4) is 0 Å². The molecular formula is C20H25N3O2. The Hall–Kier alpha value is -2.30. The van der Waals surface area contributed by atoms with Gasteiger partial charge in [0.1, 0.15) is 0 Å². The van der Waals surface area contributed by atoms with Gasteiger partial charge in [-0.3, -0.25) is 9.59 Å². The molecule has 2 aliphatic rings. The number of anilines is 1. The highest BCUT2D eigenvalue weighted by atomic mass is 16.2. The zero-order valence-corrected chi connectivity index (χ0v) is 14.7. The Morgan fingerprint density at radius 3 is 2.52 bits per heavy atom. The van der Waals surface area contributed by atoms with Gasteiger partial charge in [-0.15, -0.1) is 0 Å². The van der Waals surface area contributed by atoms with Crippen molar-refractivity contribution < 1.29 is 9.59 Å². The number of carbonyl (C=O) groups is 2. The van der Waals surface area contributed by atoms with E-state index in [-0.39, 0.29) is 17.7 Å². The molecule has 1 saturated heterocycles. The molecule has 132 valence electrons. The molecule has 2 fully saturated rings. The molecular weight excluding hydrogens is 314 g/mol. The lowest BCUT2D eigenvalue weighted by atomic mass is 9.95. The van der Waals surface area contributed by atoms with Crippen molar-refractivity contribution in [2.45, 2.75) is 39.2 Å². The van der Waals surface area contributed by atoms with Gasteiger partial charge in [0.25, 0.3) is 0 Å². The summed E-state index contributed by atoms with van der Waals surface area (Å²) in [7, 11) is 0. The van der Waals surface area contributed by atoms with Crippen LogP contribution in [-0.2, 0) is 16.1 Å². The van der Waals surface area contributed by atoms with Gasteiger partial charge in [0.15, 0.2) is 0 Å². The van der Waals surface area contributed by atoms with Crippen molar-refractivity contribution in [2.75, 3.05) is 18.4 Å². The average Bonchev–Trinajstić information content (AvgIpc) is 3.41. The molecule has 0 bridgehead atoms. The van der Waals surface area contributed by atoms with E-state index in [4.69, 9.17) is 0 Å². The van der Waals surface area contributed by atoms with Crippen LogP contribution in [0.5, 0.6) is 0 Å². The summed E-state index contributed by atoms with van der Waals surface area (Å²) in [5.74, 6) is 0.643. The minimum atomic E-state index is -0.000750. The van der Waals surface area contributed by atoms with E-state index in [0.29, 0.717) is 19.0 Å². The Labute approximate surface area is 148 Å². The van der Waals surface area contributed by atoms with Crippen LogP contribution in [0.2, 0.25) is 0 Å². The Morgan fingerprint density at radius 1 is 1.08 bits per heavy atom. The van der Waals surface area contributed by atoms with E-state index in [1.165, 1.54) is 5.52 Å². The molecule has 2 aromatic rings. The maximum absolute atomic E-state index is 12.6. The minimum Gasteiger partial charge on any atom is -0.348 e. The summed E-state index contributed by atoms with van der Waals surface area (Å²) in [6, 6.07) is 8.14. The number of fused-ring (bicyclic) bond motifs is 1. The van der Waals surface area contributed by atoms with E-state index in [9.17, 15) is 9.59 Å². The fraction of sp³-hybridized carbons (Fsp3) is 0.500. The zero-order chi connectivity index (χ0) is 17.4. The van der Waals surface area contributed by atoms with Crippen LogP contribution in [0.4, 0.5) is 5.69 Å². The highest BCUT2D eigenvalue weighted by Crippen LogP contribution is 2.32. The van der Waals surface area contributed by atoms with Crippen molar-refractivity contribution in [1.29, 1.82) is 0 Å². The fourth-order valence-corrected chi connectivity index (χ4v) is 3.75. The van der Waals surface area contributed by atoms with E-state index in [2.05, 4.69) is 35.1 Å². The van der Waals surface area contributed by atoms with Gasteiger partial charge in [-0.25, -0.2) is 0 Å². The maximum atomic E-state index is 12.6. The van der Waals surface area contributed by atoms with Crippen LogP contribution in [0.25, 0.3) is 10.9 Å². The molecule has 2 heterocycles. The van der Waals surface area contributed by atoms with E-state index < -0.39 is 0 Å². The number of aryl methyl sites for hydroxylation is 1. The number of piperidine rings is 1. The second kappa shape index (κ2) is 6.54. The first-order valence-corrected chi connectivity index (χ1v) is 9.34. The van der Waals surface area contributed by atoms with Gasteiger partial charge >= 0.3 is 0 Å². The lowest BCUT2D eigenvalue weighted by molar-refractivity contribution is -0.135. The minimum absolute atomic E-state index is 0.000750. The van der Waals surface area contributed by atoms with Crippen LogP contribution in [0, 0.1) is 11.8 Å². The molecule has 1 aromatic carbocycles. The van der Waals surface area contributed by atoms with Gasteiger partial charge in [0.05, 0.1) is 0 Å². The Morgan fingerprint density at radius 2 is 1.84 bits per heavy atom. The van der Waals surface area contributed by atoms with Crippen LogP contribution in [-0.4, -0.2) is 34.4 Å². The summed E-state index contributed by atoms with van der Waals surface area (Å²) in [5.41, 5.74) is 2.04. The van der Waals surface area contributed by atoms with Gasteiger partial charge in [-0.05, 0) is 56.9 Å². The molecule has 0 spiro atoms. The number of hydrogen-bond acceptors (Lipinski definition) is 2. The van der Waals surface area contributed by atoms with Crippen LogP contribution < -0.4 is 5.32 Å². The third kappa shape index (κ3) is 3.28. The van der Waals surface area contributed by atoms with Crippen molar-refractivity contribution in [3.63, 3.8) is 0 Å².